The molecule has 5 nitrogen and oxygen atoms in total. The average molecular weight is 377 g/mol. The van der Waals surface area contributed by atoms with E-state index in [9.17, 15) is 4.79 Å². The Balaban J connectivity index is 1.69. The molecule has 1 aromatic rings. The molecule has 26 heavy (non-hydrogen) atoms. The third kappa shape index (κ3) is 6.25. The van der Waals surface area contributed by atoms with Crippen molar-refractivity contribution in [1.82, 2.24) is 15.1 Å². The van der Waals surface area contributed by atoms with Crippen LogP contribution in [-0.4, -0.2) is 60.6 Å². The zero-order valence-corrected chi connectivity index (χ0v) is 17.1. The monoisotopic (exact) mass is 376 g/mol. The average Bonchev–Trinajstić information content (AvgIpc) is 2.65. The van der Waals surface area contributed by atoms with Crippen LogP contribution in [0.15, 0.2) is 24.3 Å². The SMILES string of the molecule is CC[C@@H]1CCCCN1CCCNC(=S)Nc1ccc(C(=O)N(C)C)cc1. The molecule has 1 atom stereocenters. The minimum atomic E-state index is 0.000322. The predicted octanol–water partition coefficient (Wildman–Crippen LogP) is 3.33. The van der Waals surface area contributed by atoms with Gasteiger partial charge in [0.15, 0.2) is 5.11 Å². The maximum absolute atomic E-state index is 11.9. The Morgan fingerprint density at radius 3 is 2.65 bits per heavy atom. The van der Waals surface area contributed by atoms with Gasteiger partial charge in [0.2, 0.25) is 0 Å². The maximum atomic E-state index is 11.9. The molecule has 0 bridgehead atoms. The summed E-state index contributed by atoms with van der Waals surface area (Å²) >= 11 is 5.37. The van der Waals surface area contributed by atoms with E-state index in [1.165, 1.54) is 32.2 Å². The molecule has 2 rings (SSSR count). The van der Waals surface area contributed by atoms with Gasteiger partial charge < -0.3 is 20.4 Å². The van der Waals surface area contributed by atoms with Crippen LogP contribution in [-0.2, 0) is 0 Å². The summed E-state index contributed by atoms with van der Waals surface area (Å²) in [7, 11) is 3.50. The van der Waals surface area contributed by atoms with Crippen LogP contribution < -0.4 is 10.6 Å². The van der Waals surface area contributed by atoms with E-state index >= 15 is 0 Å². The van der Waals surface area contributed by atoms with E-state index in [0.29, 0.717) is 10.7 Å². The molecule has 0 unspecified atom stereocenters. The van der Waals surface area contributed by atoms with Gasteiger partial charge in [0.1, 0.15) is 0 Å². The van der Waals surface area contributed by atoms with Crippen molar-refractivity contribution < 1.29 is 4.79 Å². The number of carbonyl (C=O) groups is 1. The van der Waals surface area contributed by atoms with E-state index in [1.807, 2.05) is 24.3 Å². The van der Waals surface area contributed by atoms with Gasteiger partial charge in [0, 0.05) is 44.5 Å². The zero-order chi connectivity index (χ0) is 18.9. The largest absolute Gasteiger partial charge is 0.362 e. The van der Waals surface area contributed by atoms with Crippen LogP contribution in [0.5, 0.6) is 0 Å². The van der Waals surface area contributed by atoms with Gasteiger partial charge in [-0.2, -0.15) is 0 Å². The number of rotatable bonds is 7. The lowest BCUT2D eigenvalue weighted by Crippen LogP contribution is -2.40. The number of thiocarbonyl (C=S) groups is 1. The molecule has 2 N–H and O–H groups in total. The molecule has 1 aliphatic rings. The first-order valence-corrected chi connectivity index (χ1v) is 10.0. The van der Waals surface area contributed by atoms with Crippen LogP contribution in [0.2, 0.25) is 0 Å². The highest BCUT2D eigenvalue weighted by Crippen LogP contribution is 2.19. The quantitative estimate of drug-likeness (QED) is 0.565. The molecule has 1 saturated heterocycles. The lowest BCUT2D eigenvalue weighted by atomic mass is 10.00. The number of carbonyl (C=O) groups excluding carboxylic acids is 1. The summed E-state index contributed by atoms with van der Waals surface area (Å²) in [5.41, 5.74) is 1.56. The number of hydrogen-bond donors (Lipinski definition) is 2. The highest BCUT2D eigenvalue weighted by atomic mass is 32.1. The second-order valence-electron chi connectivity index (χ2n) is 7.11. The Morgan fingerprint density at radius 1 is 1.27 bits per heavy atom. The van der Waals surface area contributed by atoms with E-state index in [4.69, 9.17) is 12.2 Å². The topological polar surface area (TPSA) is 47.6 Å². The Hall–Kier alpha value is -1.66. The van der Waals surface area contributed by atoms with Crippen molar-refractivity contribution in [3.63, 3.8) is 0 Å². The molecule has 6 heteroatoms. The maximum Gasteiger partial charge on any atom is 0.253 e. The van der Waals surface area contributed by atoms with Crippen molar-refractivity contribution in [1.29, 1.82) is 0 Å². The molecule has 0 spiro atoms. The second-order valence-corrected chi connectivity index (χ2v) is 7.51. The first kappa shape index (κ1) is 20.6. The fraction of sp³-hybridized carbons (Fsp3) is 0.600. The van der Waals surface area contributed by atoms with E-state index < -0.39 is 0 Å². The summed E-state index contributed by atoms with van der Waals surface area (Å²) in [5.74, 6) is 0.000322. The van der Waals surface area contributed by atoms with Crippen molar-refractivity contribution in [2.24, 2.45) is 0 Å². The Labute approximate surface area is 163 Å². The van der Waals surface area contributed by atoms with E-state index in [1.54, 1.807) is 19.0 Å². The van der Waals surface area contributed by atoms with Crippen molar-refractivity contribution in [2.45, 2.75) is 45.1 Å². The van der Waals surface area contributed by atoms with E-state index in [0.717, 1.165) is 31.2 Å². The normalized spacial score (nSPS) is 17.6. The Kier molecular flexibility index (Phi) is 8.32. The molecule has 1 heterocycles. The van der Waals surface area contributed by atoms with Gasteiger partial charge >= 0.3 is 0 Å². The number of anilines is 1. The fourth-order valence-corrected chi connectivity index (χ4v) is 3.65. The summed E-state index contributed by atoms with van der Waals surface area (Å²) in [6.45, 7) is 5.53. The predicted molar refractivity (Wildman–Crippen MR) is 113 cm³/mol. The summed E-state index contributed by atoms with van der Waals surface area (Å²) in [4.78, 5) is 16.1. The van der Waals surface area contributed by atoms with Gasteiger partial charge in [0.25, 0.3) is 5.91 Å². The highest BCUT2D eigenvalue weighted by Gasteiger charge is 2.19. The van der Waals surface area contributed by atoms with E-state index in [-0.39, 0.29) is 5.91 Å². The molecular formula is C20H32N4OS. The lowest BCUT2D eigenvalue weighted by molar-refractivity contribution is 0.0827. The van der Waals surface area contributed by atoms with E-state index in [2.05, 4.69) is 22.5 Å². The number of piperidine rings is 1. The molecule has 1 fully saturated rings. The highest BCUT2D eigenvalue weighted by molar-refractivity contribution is 7.80. The van der Waals surface area contributed by atoms with Crippen LogP contribution in [0.1, 0.15) is 49.4 Å². The summed E-state index contributed by atoms with van der Waals surface area (Å²) < 4.78 is 0. The lowest BCUT2D eigenvalue weighted by Gasteiger charge is -2.35. The number of nitrogens with zero attached hydrogens (tertiary/aromatic N) is 2. The van der Waals surface area contributed by atoms with Gasteiger partial charge in [-0.25, -0.2) is 0 Å². The van der Waals surface area contributed by atoms with Crippen molar-refractivity contribution >= 4 is 28.9 Å². The first-order valence-electron chi connectivity index (χ1n) is 9.62. The molecule has 144 valence electrons. The van der Waals surface area contributed by atoms with Gasteiger partial charge in [0.05, 0.1) is 0 Å². The van der Waals surface area contributed by atoms with Crippen LogP contribution in [0.3, 0.4) is 0 Å². The summed E-state index contributed by atoms with van der Waals surface area (Å²) in [6.07, 6.45) is 6.39. The summed E-state index contributed by atoms with van der Waals surface area (Å²) in [5, 5.41) is 7.08. The zero-order valence-electron chi connectivity index (χ0n) is 16.3. The molecular weight excluding hydrogens is 344 g/mol. The molecule has 0 aliphatic carbocycles. The van der Waals surface area contributed by atoms with Gasteiger partial charge in [-0.05, 0) is 68.7 Å². The minimum Gasteiger partial charge on any atom is -0.362 e. The molecule has 0 saturated carbocycles. The standard InChI is InChI=1S/C20H32N4OS/c1-4-18-8-5-6-14-24(18)15-7-13-21-20(26)22-17-11-9-16(10-12-17)19(25)23(2)3/h9-12,18H,4-8,13-15H2,1-3H3,(H2,21,22,26)/t18-/m1/s1. The molecule has 0 radical (unpaired) electrons. The Bertz CT molecular complexity index is 588. The van der Waals surface area contributed by atoms with Crippen molar-refractivity contribution in [3.05, 3.63) is 29.8 Å². The molecule has 1 amide bonds. The van der Waals surface area contributed by atoms with Crippen molar-refractivity contribution in [3.8, 4) is 0 Å². The van der Waals surface area contributed by atoms with Crippen molar-refractivity contribution in [2.75, 3.05) is 39.0 Å². The molecule has 1 aliphatic heterocycles. The fourth-order valence-electron chi connectivity index (χ4n) is 3.43. The minimum absolute atomic E-state index is 0.000322. The third-order valence-electron chi connectivity index (χ3n) is 4.92. The Morgan fingerprint density at radius 2 is 2.00 bits per heavy atom. The number of benzene rings is 1. The van der Waals surface area contributed by atoms with Crippen LogP contribution >= 0.6 is 12.2 Å². The van der Waals surface area contributed by atoms with Crippen LogP contribution in [0, 0.1) is 0 Å². The molecule has 0 aromatic heterocycles. The van der Waals surface area contributed by atoms with Gasteiger partial charge in [-0.3, -0.25) is 4.79 Å². The van der Waals surface area contributed by atoms with Crippen LogP contribution in [0.25, 0.3) is 0 Å². The summed E-state index contributed by atoms with van der Waals surface area (Å²) in [6, 6.07) is 8.15. The number of likely N-dealkylation sites (tertiary alicyclic amines) is 1. The first-order chi connectivity index (χ1) is 12.5. The van der Waals surface area contributed by atoms with Gasteiger partial charge in [-0.15, -0.1) is 0 Å². The third-order valence-corrected chi connectivity index (χ3v) is 5.17. The number of hydrogen-bond acceptors (Lipinski definition) is 3. The van der Waals surface area contributed by atoms with Gasteiger partial charge in [-0.1, -0.05) is 13.3 Å². The number of amides is 1. The smallest absolute Gasteiger partial charge is 0.253 e. The molecule has 1 aromatic carbocycles. The number of nitrogens with one attached hydrogen (secondary N) is 2. The van der Waals surface area contributed by atoms with Crippen LogP contribution in [0.4, 0.5) is 5.69 Å². The second kappa shape index (κ2) is 10.5.